The fraction of sp³-hybridized carbons (Fsp3) is 0.533. The molecule has 1 N–H and O–H groups in total. The van der Waals surface area contributed by atoms with E-state index in [1.54, 1.807) is 0 Å². The van der Waals surface area contributed by atoms with Crippen molar-refractivity contribution in [3.63, 3.8) is 0 Å². The van der Waals surface area contributed by atoms with Gasteiger partial charge in [0.2, 0.25) is 0 Å². The van der Waals surface area contributed by atoms with Gasteiger partial charge in [0.25, 0.3) is 0 Å². The summed E-state index contributed by atoms with van der Waals surface area (Å²) in [5.74, 6) is -0.438. The average Bonchev–Trinajstić information content (AvgIpc) is 2.95. The number of halogens is 1. The van der Waals surface area contributed by atoms with Crippen LogP contribution in [0.5, 0.6) is 0 Å². The van der Waals surface area contributed by atoms with Crippen LogP contribution in [-0.4, -0.2) is 43.0 Å². The lowest BCUT2D eigenvalue weighted by Gasteiger charge is -2.37. The molecule has 1 spiro atoms. The number of likely N-dealkylation sites (tertiary alicyclic amines) is 1. The summed E-state index contributed by atoms with van der Waals surface area (Å²) in [4.78, 5) is 14.0. The van der Waals surface area contributed by atoms with Crippen molar-refractivity contribution in [1.29, 1.82) is 0 Å². The normalized spacial score (nSPS) is 20.7. The van der Waals surface area contributed by atoms with E-state index in [2.05, 4.69) is 5.32 Å². The first-order valence-corrected chi connectivity index (χ1v) is 7.60. The van der Waals surface area contributed by atoms with Crippen LogP contribution in [0, 0.1) is 0 Å². The van der Waals surface area contributed by atoms with Crippen LogP contribution in [-0.2, 0) is 16.0 Å². The Hall–Kier alpha value is -1.30. The van der Waals surface area contributed by atoms with Crippen LogP contribution in [0.2, 0.25) is 5.02 Å². The van der Waals surface area contributed by atoms with Gasteiger partial charge in [-0.3, -0.25) is 0 Å². The predicted molar refractivity (Wildman–Crippen MR) is 79.1 cm³/mol. The average molecular weight is 311 g/mol. The highest BCUT2D eigenvalue weighted by Crippen LogP contribution is 2.31. The summed E-state index contributed by atoms with van der Waals surface area (Å²) in [6.07, 6.45) is 1.47. The van der Waals surface area contributed by atoms with Crippen LogP contribution in [0.1, 0.15) is 18.4 Å². The van der Waals surface area contributed by atoms with Crippen molar-refractivity contribution < 1.29 is 14.3 Å². The van der Waals surface area contributed by atoms with Crippen molar-refractivity contribution in [2.45, 2.75) is 25.2 Å². The van der Waals surface area contributed by atoms with E-state index >= 15 is 0 Å². The van der Waals surface area contributed by atoms with Gasteiger partial charge in [-0.1, -0.05) is 23.7 Å². The molecule has 1 aromatic rings. The van der Waals surface area contributed by atoms with E-state index in [0.717, 1.165) is 18.4 Å². The lowest BCUT2D eigenvalue weighted by molar-refractivity contribution is -0.181. The Balaban J connectivity index is 1.47. The smallest absolute Gasteiger partial charge is 0.317 e. The Morgan fingerprint density at radius 2 is 1.81 bits per heavy atom. The Kier molecular flexibility index (Phi) is 4.33. The number of nitrogens with one attached hydrogen (secondary N) is 1. The minimum Gasteiger partial charge on any atom is -0.347 e. The molecule has 2 heterocycles. The topological polar surface area (TPSA) is 50.8 Å². The van der Waals surface area contributed by atoms with Crippen molar-refractivity contribution in [2.75, 3.05) is 26.3 Å². The van der Waals surface area contributed by atoms with Crippen molar-refractivity contribution in [1.82, 2.24) is 10.2 Å². The van der Waals surface area contributed by atoms with E-state index in [1.165, 1.54) is 0 Å². The third-order valence-corrected chi connectivity index (χ3v) is 4.23. The van der Waals surface area contributed by atoms with Crippen molar-refractivity contribution >= 4 is 17.6 Å². The van der Waals surface area contributed by atoms with Gasteiger partial charge >= 0.3 is 6.03 Å². The van der Waals surface area contributed by atoms with Crippen LogP contribution in [0.3, 0.4) is 0 Å². The second kappa shape index (κ2) is 6.22. The highest BCUT2D eigenvalue weighted by molar-refractivity contribution is 6.30. The molecule has 2 aliphatic heterocycles. The van der Waals surface area contributed by atoms with E-state index in [4.69, 9.17) is 21.1 Å². The Bertz CT molecular complexity index is 490. The van der Waals surface area contributed by atoms with Crippen molar-refractivity contribution in [3.05, 3.63) is 34.9 Å². The zero-order chi connectivity index (χ0) is 14.7. The molecule has 2 fully saturated rings. The maximum Gasteiger partial charge on any atom is 0.317 e. The lowest BCUT2D eigenvalue weighted by Crippen LogP contribution is -2.50. The maximum absolute atomic E-state index is 12.1. The maximum atomic E-state index is 12.1. The summed E-state index contributed by atoms with van der Waals surface area (Å²) in [5.41, 5.74) is 1.03. The molecule has 0 aliphatic carbocycles. The Morgan fingerprint density at radius 1 is 1.19 bits per heavy atom. The summed E-state index contributed by atoms with van der Waals surface area (Å²) in [5, 5.41) is 3.63. The Labute approximate surface area is 129 Å². The van der Waals surface area contributed by atoms with Crippen LogP contribution in [0.4, 0.5) is 4.79 Å². The zero-order valence-electron chi connectivity index (χ0n) is 11.8. The Morgan fingerprint density at radius 3 is 2.43 bits per heavy atom. The highest BCUT2D eigenvalue weighted by Gasteiger charge is 2.40. The van der Waals surface area contributed by atoms with E-state index in [0.29, 0.717) is 37.9 Å². The molecule has 1 aromatic carbocycles. The highest BCUT2D eigenvalue weighted by atomic mass is 35.5. The number of carbonyl (C=O) groups is 1. The first-order chi connectivity index (χ1) is 10.2. The number of urea groups is 1. The fourth-order valence-electron chi connectivity index (χ4n) is 2.73. The van der Waals surface area contributed by atoms with E-state index < -0.39 is 5.79 Å². The molecule has 0 atom stereocenters. The molecule has 6 heteroatoms. The number of rotatable bonds is 2. The van der Waals surface area contributed by atoms with Crippen LogP contribution < -0.4 is 5.32 Å². The van der Waals surface area contributed by atoms with Gasteiger partial charge in [0, 0.05) is 37.5 Å². The van der Waals surface area contributed by atoms with Gasteiger partial charge < -0.3 is 19.7 Å². The predicted octanol–water partition coefficient (Wildman–Crippen LogP) is 2.39. The van der Waals surface area contributed by atoms with Crippen LogP contribution in [0.25, 0.3) is 0 Å². The quantitative estimate of drug-likeness (QED) is 0.912. The zero-order valence-corrected chi connectivity index (χ0v) is 12.6. The molecule has 0 aromatic heterocycles. The van der Waals surface area contributed by atoms with Gasteiger partial charge in [0.05, 0.1) is 13.2 Å². The number of ether oxygens (including phenoxy) is 2. The molecule has 3 rings (SSSR count). The minimum absolute atomic E-state index is 0.0437. The second-order valence-electron chi connectivity index (χ2n) is 5.38. The first kappa shape index (κ1) is 14.6. The molecule has 2 aliphatic rings. The van der Waals surface area contributed by atoms with Gasteiger partial charge in [0.1, 0.15) is 0 Å². The van der Waals surface area contributed by atoms with Gasteiger partial charge in [-0.25, -0.2) is 4.79 Å². The monoisotopic (exact) mass is 310 g/mol. The summed E-state index contributed by atoms with van der Waals surface area (Å²) < 4.78 is 11.3. The van der Waals surface area contributed by atoms with Crippen molar-refractivity contribution in [3.8, 4) is 0 Å². The van der Waals surface area contributed by atoms with Gasteiger partial charge in [0.15, 0.2) is 5.79 Å². The number of hydrogen-bond acceptors (Lipinski definition) is 3. The molecule has 114 valence electrons. The van der Waals surface area contributed by atoms with Gasteiger partial charge in [-0.05, 0) is 17.7 Å². The van der Waals surface area contributed by atoms with E-state index in [1.807, 2.05) is 29.2 Å². The lowest BCUT2D eigenvalue weighted by atomic mass is 10.0. The molecule has 5 nitrogen and oxygen atoms in total. The van der Waals surface area contributed by atoms with Crippen LogP contribution in [0.15, 0.2) is 24.3 Å². The number of carbonyl (C=O) groups excluding carboxylic acids is 1. The summed E-state index contributed by atoms with van der Waals surface area (Å²) in [6.45, 7) is 3.13. The number of amides is 2. The molecule has 2 amide bonds. The summed E-state index contributed by atoms with van der Waals surface area (Å²) >= 11 is 5.84. The molecule has 0 saturated carbocycles. The van der Waals surface area contributed by atoms with Crippen LogP contribution >= 0.6 is 11.6 Å². The standard InChI is InChI=1S/C15H19ClN2O3/c16-13-3-1-12(2-4-13)11-17-14(19)18-7-5-15(6-8-18)20-9-10-21-15/h1-4H,5-11H2,(H,17,19). The molecule has 2 saturated heterocycles. The number of nitrogens with zero attached hydrogens (tertiary/aromatic N) is 1. The minimum atomic E-state index is -0.438. The van der Waals surface area contributed by atoms with Gasteiger partial charge in [-0.15, -0.1) is 0 Å². The van der Waals surface area contributed by atoms with Crippen molar-refractivity contribution in [2.24, 2.45) is 0 Å². The molecule has 0 bridgehead atoms. The van der Waals surface area contributed by atoms with Gasteiger partial charge in [-0.2, -0.15) is 0 Å². The molecule has 0 unspecified atom stereocenters. The fourth-order valence-corrected chi connectivity index (χ4v) is 2.85. The third kappa shape index (κ3) is 3.48. The number of benzene rings is 1. The molecule has 21 heavy (non-hydrogen) atoms. The van der Waals surface area contributed by atoms with E-state index in [-0.39, 0.29) is 6.03 Å². The first-order valence-electron chi connectivity index (χ1n) is 7.22. The molecular weight excluding hydrogens is 292 g/mol. The third-order valence-electron chi connectivity index (χ3n) is 3.98. The summed E-state index contributed by atoms with van der Waals surface area (Å²) in [7, 11) is 0. The second-order valence-corrected chi connectivity index (χ2v) is 5.82. The SMILES string of the molecule is O=C(NCc1ccc(Cl)cc1)N1CCC2(CC1)OCCO2. The van der Waals surface area contributed by atoms with E-state index in [9.17, 15) is 4.79 Å². The molecular formula is C15H19ClN2O3. The largest absolute Gasteiger partial charge is 0.347 e. The number of piperidine rings is 1. The molecule has 0 radical (unpaired) electrons. The summed E-state index contributed by atoms with van der Waals surface area (Å²) in [6, 6.07) is 7.42. The number of hydrogen-bond donors (Lipinski definition) is 1.